The molecule has 0 spiro atoms. The molecule has 0 unspecified atom stereocenters. The zero-order chi connectivity index (χ0) is 10.1. The normalized spacial score (nSPS) is 11.2. The second-order valence-electron chi connectivity index (χ2n) is 2.77. The second-order valence-corrected chi connectivity index (χ2v) is 3.68. The number of benzene rings is 1. The first-order valence-electron chi connectivity index (χ1n) is 3.58. The lowest BCUT2D eigenvalue weighted by Crippen LogP contribution is -2.24. The van der Waals surface area contributed by atoms with Crippen molar-refractivity contribution in [3.8, 4) is 0 Å². The van der Waals surface area contributed by atoms with Gasteiger partial charge in [0.2, 0.25) is 0 Å². The molecule has 58 valence electrons. The maximum absolute atomic E-state index is 11.4. The number of halogens is 1. The Bertz CT molecular complexity index is 315. The minimum atomic E-state index is -1.80. The summed E-state index contributed by atoms with van der Waals surface area (Å²) in [6, 6.07) is 6.65. The van der Waals surface area contributed by atoms with Gasteiger partial charge in [-0.3, -0.25) is 4.79 Å². The molecule has 1 aromatic rings. The average molecular weight is 228 g/mol. The molecular formula is C8H4B3BrO. The summed E-state index contributed by atoms with van der Waals surface area (Å²) in [6.07, 6.45) is 0. The number of rotatable bonds is 2. The predicted octanol–water partition coefficient (Wildman–Crippen LogP) is 1.21. The molecule has 6 radical (unpaired) electrons. The fourth-order valence-corrected chi connectivity index (χ4v) is 1.12. The quantitative estimate of drug-likeness (QED) is 0.549. The molecule has 0 aliphatic carbocycles. The predicted molar refractivity (Wildman–Crippen MR) is 58.4 cm³/mol. The maximum Gasteiger partial charge on any atom is 0.144 e. The minimum Gasteiger partial charge on any atom is -0.296 e. The molecule has 5 heteroatoms. The van der Waals surface area contributed by atoms with E-state index in [1.165, 1.54) is 0 Å². The van der Waals surface area contributed by atoms with Crippen LogP contribution >= 0.6 is 15.9 Å². The van der Waals surface area contributed by atoms with Gasteiger partial charge in [-0.25, -0.2) is 0 Å². The van der Waals surface area contributed by atoms with E-state index in [1.807, 2.05) is 0 Å². The highest BCUT2D eigenvalue weighted by molar-refractivity contribution is 9.10. The Hall–Kier alpha value is -0.435. The Morgan fingerprint density at radius 3 is 2.00 bits per heavy atom. The number of ketones is 1. The lowest BCUT2D eigenvalue weighted by molar-refractivity contribution is 0.0993. The van der Waals surface area contributed by atoms with E-state index in [9.17, 15) is 4.79 Å². The van der Waals surface area contributed by atoms with Crippen LogP contribution in [-0.4, -0.2) is 29.3 Å². The Morgan fingerprint density at radius 1 is 1.15 bits per heavy atom. The Labute approximate surface area is 89.6 Å². The lowest BCUT2D eigenvalue weighted by atomic mass is 9.40. The highest BCUT2D eigenvalue weighted by Crippen LogP contribution is 2.19. The van der Waals surface area contributed by atoms with Crippen molar-refractivity contribution in [2.75, 3.05) is 0 Å². The van der Waals surface area contributed by atoms with Gasteiger partial charge in [0, 0.05) is 10.0 Å². The van der Waals surface area contributed by atoms with Crippen LogP contribution in [0.5, 0.6) is 0 Å². The standard InChI is InChI=1S/C8H4B3BrO/c9-8(10,11)7(13)5-1-3-6(12)4-2-5/h1-4H. The zero-order valence-electron chi connectivity index (χ0n) is 6.83. The van der Waals surface area contributed by atoms with E-state index in [-0.39, 0.29) is 0 Å². The van der Waals surface area contributed by atoms with Crippen LogP contribution in [0.4, 0.5) is 0 Å². The maximum atomic E-state index is 11.4. The van der Waals surface area contributed by atoms with Gasteiger partial charge in [-0.1, -0.05) is 33.2 Å². The molecule has 1 aromatic carbocycles. The Balaban J connectivity index is 2.97. The topological polar surface area (TPSA) is 17.1 Å². The summed E-state index contributed by atoms with van der Waals surface area (Å²) in [6.45, 7) is 0. The zero-order valence-corrected chi connectivity index (χ0v) is 8.41. The number of carbonyl (C=O) groups excluding carboxylic acids is 1. The Kier molecular flexibility index (Phi) is 3.07. The summed E-state index contributed by atoms with van der Waals surface area (Å²) in [4.78, 5) is 11.4. The smallest absolute Gasteiger partial charge is 0.144 e. The molecule has 0 amide bonds. The second kappa shape index (κ2) is 3.75. The first-order chi connectivity index (χ1) is 5.91. The lowest BCUT2D eigenvalue weighted by Gasteiger charge is -2.17. The van der Waals surface area contributed by atoms with E-state index in [0.29, 0.717) is 5.56 Å². The summed E-state index contributed by atoms with van der Waals surface area (Å²) in [7, 11) is 15.7. The van der Waals surface area contributed by atoms with Gasteiger partial charge in [-0.05, 0) is 12.1 Å². The van der Waals surface area contributed by atoms with Crippen LogP contribution in [0.2, 0.25) is 5.11 Å². The summed E-state index contributed by atoms with van der Waals surface area (Å²) in [5, 5.41) is -1.80. The highest BCUT2D eigenvalue weighted by Gasteiger charge is 2.20. The third-order valence-corrected chi connectivity index (χ3v) is 2.03. The molecule has 0 aromatic heterocycles. The van der Waals surface area contributed by atoms with Gasteiger partial charge >= 0.3 is 0 Å². The molecule has 0 N–H and O–H groups in total. The fraction of sp³-hybridized carbons (Fsp3) is 0.125. The van der Waals surface area contributed by atoms with Crippen molar-refractivity contribution < 1.29 is 4.79 Å². The van der Waals surface area contributed by atoms with Crippen LogP contribution in [0.3, 0.4) is 0 Å². The summed E-state index contributed by atoms with van der Waals surface area (Å²) in [5.41, 5.74) is 0.399. The van der Waals surface area contributed by atoms with Crippen LogP contribution < -0.4 is 0 Å². The summed E-state index contributed by atoms with van der Waals surface area (Å²) in [5.74, 6) is -0.486. The highest BCUT2D eigenvalue weighted by atomic mass is 79.9. The monoisotopic (exact) mass is 228 g/mol. The van der Waals surface area contributed by atoms with Gasteiger partial charge in [0.25, 0.3) is 0 Å². The van der Waals surface area contributed by atoms with E-state index >= 15 is 0 Å². The minimum absolute atomic E-state index is 0.399. The molecule has 0 heterocycles. The number of carbonyl (C=O) groups is 1. The first kappa shape index (κ1) is 10.6. The van der Waals surface area contributed by atoms with Crippen molar-refractivity contribution in [3.63, 3.8) is 0 Å². The van der Waals surface area contributed by atoms with Gasteiger partial charge in [0.15, 0.2) is 0 Å². The van der Waals surface area contributed by atoms with Crippen LogP contribution in [0, 0.1) is 0 Å². The fourth-order valence-electron chi connectivity index (χ4n) is 0.851. The van der Waals surface area contributed by atoms with E-state index in [2.05, 4.69) is 15.9 Å². The van der Waals surface area contributed by atoms with Gasteiger partial charge in [0.1, 0.15) is 5.78 Å². The largest absolute Gasteiger partial charge is 0.296 e. The van der Waals surface area contributed by atoms with Crippen molar-refractivity contribution in [2.45, 2.75) is 5.11 Å². The van der Waals surface area contributed by atoms with E-state index in [1.54, 1.807) is 24.3 Å². The van der Waals surface area contributed by atoms with Crippen molar-refractivity contribution in [2.24, 2.45) is 0 Å². The molecule has 1 nitrogen and oxygen atoms in total. The molecule has 0 saturated carbocycles. The summed E-state index contributed by atoms with van der Waals surface area (Å²) >= 11 is 3.24. The molecule has 0 fully saturated rings. The van der Waals surface area contributed by atoms with Crippen molar-refractivity contribution in [1.82, 2.24) is 0 Å². The molecular weight excluding hydrogens is 224 g/mol. The van der Waals surface area contributed by atoms with E-state index in [0.717, 1.165) is 4.47 Å². The third-order valence-electron chi connectivity index (χ3n) is 1.50. The van der Waals surface area contributed by atoms with Crippen molar-refractivity contribution in [3.05, 3.63) is 34.3 Å². The number of hydrogen-bond donors (Lipinski definition) is 0. The van der Waals surface area contributed by atoms with Crippen LogP contribution in [0.1, 0.15) is 10.4 Å². The van der Waals surface area contributed by atoms with Crippen molar-refractivity contribution >= 4 is 45.3 Å². The molecule has 0 aliphatic rings. The molecule has 0 aliphatic heterocycles. The molecule has 0 saturated heterocycles. The Morgan fingerprint density at radius 2 is 1.62 bits per heavy atom. The SMILES string of the molecule is [B]C([B])([B])C(=O)c1ccc(Br)cc1. The molecule has 0 bridgehead atoms. The molecule has 13 heavy (non-hydrogen) atoms. The first-order valence-corrected chi connectivity index (χ1v) is 4.37. The van der Waals surface area contributed by atoms with E-state index in [4.69, 9.17) is 23.5 Å². The van der Waals surface area contributed by atoms with Gasteiger partial charge in [-0.2, -0.15) is 0 Å². The molecule has 0 atom stereocenters. The molecule has 1 rings (SSSR count). The van der Waals surface area contributed by atoms with Gasteiger partial charge < -0.3 is 0 Å². The van der Waals surface area contributed by atoms with Gasteiger partial charge in [-0.15, -0.1) is 0 Å². The van der Waals surface area contributed by atoms with Crippen LogP contribution in [0.25, 0.3) is 0 Å². The van der Waals surface area contributed by atoms with Gasteiger partial charge in [0.05, 0.1) is 23.5 Å². The number of hydrogen-bond acceptors (Lipinski definition) is 1. The van der Waals surface area contributed by atoms with Crippen molar-refractivity contribution in [1.29, 1.82) is 0 Å². The average Bonchev–Trinajstić information content (AvgIpc) is 2.03. The number of Topliss-reactive ketones (excluding diaryl/α,β-unsaturated/α-hetero) is 1. The van der Waals surface area contributed by atoms with Crippen LogP contribution in [0.15, 0.2) is 28.7 Å². The third kappa shape index (κ3) is 2.76. The summed E-state index contributed by atoms with van der Waals surface area (Å²) < 4.78 is 0.876. The van der Waals surface area contributed by atoms with E-state index < -0.39 is 10.9 Å². The van der Waals surface area contributed by atoms with Crippen LogP contribution in [-0.2, 0) is 0 Å².